The second kappa shape index (κ2) is 10.8. The Kier molecular flexibility index (Phi) is 8.93. The van der Waals surface area contributed by atoms with Crippen LogP contribution in [0.15, 0.2) is 39.3 Å². The van der Waals surface area contributed by atoms with Gasteiger partial charge in [0.25, 0.3) is 5.91 Å². The van der Waals surface area contributed by atoms with Crippen molar-refractivity contribution in [3.63, 3.8) is 0 Å². The maximum atomic E-state index is 12.7. The fourth-order valence-electron chi connectivity index (χ4n) is 2.92. The Labute approximate surface area is 202 Å². The first-order valence-electron chi connectivity index (χ1n) is 9.64. The van der Waals surface area contributed by atoms with Crippen molar-refractivity contribution in [1.82, 2.24) is 5.32 Å². The van der Waals surface area contributed by atoms with Gasteiger partial charge in [-0.15, -0.1) is 0 Å². The lowest BCUT2D eigenvalue weighted by Crippen LogP contribution is -2.45. The molecule has 2 aromatic carbocycles. The maximum Gasteiger partial charge on any atom is 0.326 e. The molecule has 32 heavy (non-hydrogen) atoms. The molecule has 0 aliphatic heterocycles. The number of aliphatic carboxylic acids is 1. The van der Waals surface area contributed by atoms with E-state index in [1.807, 2.05) is 6.92 Å². The standard InChI is InChI=1S/C21H24Br2NO7P/c1-4-11(2)18(21(27)28)24-20(26)14-9-13(5-6-17(14)25)31-19-15(22)7-12(8-16(19)23)10-32(3,29)30/h5-9,11,18,25H,4,10H2,1-3H3,(H,24,26)(H,27,28)(H,29,30). The summed E-state index contributed by atoms with van der Waals surface area (Å²) < 4.78 is 18.6. The van der Waals surface area contributed by atoms with Crippen LogP contribution in [0.2, 0.25) is 0 Å². The number of amides is 1. The van der Waals surface area contributed by atoms with Crippen LogP contribution in [0.25, 0.3) is 0 Å². The number of carbonyl (C=O) groups excluding carboxylic acids is 1. The molecule has 3 unspecified atom stereocenters. The lowest BCUT2D eigenvalue weighted by molar-refractivity contribution is -0.140. The summed E-state index contributed by atoms with van der Waals surface area (Å²) in [4.78, 5) is 33.8. The molecule has 174 valence electrons. The predicted molar refractivity (Wildman–Crippen MR) is 128 cm³/mol. The van der Waals surface area contributed by atoms with Crippen molar-refractivity contribution < 1.29 is 34.0 Å². The fraction of sp³-hybridized carbons (Fsp3) is 0.333. The van der Waals surface area contributed by atoms with E-state index in [9.17, 15) is 29.3 Å². The zero-order valence-electron chi connectivity index (χ0n) is 17.6. The van der Waals surface area contributed by atoms with Crippen LogP contribution in [0.3, 0.4) is 0 Å². The summed E-state index contributed by atoms with van der Waals surface area (Å²) >= 11 is 6.75. The van der Waals surface area contributed by atoms with Crippen molar-refractivity contribution >= 4 is 51.1 Å². The molecule has 2 rings (SSSR count). The Hall–Kier alpha value is -1.87. The quantitative estimate of drug-likeness (QED) is 0.289. The lowest BCUT2D eigenvalue weighted by atomic mass is 9.99. The van der Waals surface area contributed by atoms with E-state index in [1.165, 1.54) is 24.9 Å². The Bertz CT molecular complexity index is 1050. The molecule has 1 amide bonds. The highest BCUT2D eigenvalue weighted by Gasteiger charge is 2.27. The van der Waals surface area contributed by atoms with Crippen LogP contribution in [0.1, 0.15) is 36.2 Å². The highest BCUT2D eigenvalue weighted by molar-refractivity contribution is 9.11. The Balaban J connectivity index is 2.31. The van der Waals surface area contributed by atoms with Gasteiger partial charge in [0.15, 0.2) is 5.75 Å². The zero-order chi connectivity index (χ0) is 24.2. The summed E-state index contributed by atoms with van der Waals surface area (Å²) in [6.45, 7) is 4.81. The average Bonchev–Trinajstić information content (AvgIpc) is 2.67. The van der Waals surface area contributed by atoms with Gasteiger partial charge >= 0.3 is 5.97 Å². The second-order valence-electron chi connectivity index (χ2n) is 7.55. The Morgan fingerprint density at radius 2 is 1.78 bits per heavy atom. The molecule has 0 radical (unpaired) electrons. The van der Waals surface area contributed by atoms with E-state index >= 15 is 0 Å². The molecule has 2 aromatic rings. The molecular formula is C21H24Br2NO7P. The van der Waals surface area contributed by atoms with Crippen LogP contribution in [0.5, 0.6) is 17.2 Å². The van der Waals surface area contributed by atoms with Gasteiger partial charge in [-0.3, -0.25) is 9.36 Å². The molecule has 8 nitrogen and oxygen atoms in total. The van der Waals surface area contributed by atoms with Crippen LogP contribution >= 0.6 is 39.2 Å². The summed E-state index contributed by atoms with van der Waals surface area (Å²) in [6, 6.07) is 6.25. The second-order valence-corrected chi connectivity index (χ2v) is 11.7. The molecule has 0 heterocycles. The lowest BCUT2D eigenvalue weighted by Gasteiger charge is -2.20. The third-order valence-corrected chi connectivity index (χ3v) is 6.86. The van der Waals surface area contributed by atoms with Crippen LogP contribution in [-0.2, 0) is 15.5 Å². The van der Waals surface area contributed by atoms with E-state index in [2.05, 4.69) is 37.2 Å². The van der Waals surface area contributed by atoms with Gasteiger partial charge < -0.3 is 25.2 Å². The highest BCUT2D eigenvalue weighted by Crippen LogP contribution is 2.44. The molecule has 11 heteroatoms. The van der Waals surface area contributed by atoms with Crippen molar-refractivity contribution in [2.24, 2.45) is 5.92 Å². The average molecular weight is 593 g/mol. The Morgan fingerprint density at radius 3 is 2.28 bits per heavy atom. The third-order valence-electron chi connectivity index (χ3n) is 4.73. The fourth-order valence-corrected chi connectivity index (χ4v) is 5.22. The van der Waals surface area contributed by atoms with E-state index in [0.29, 0.717) is 26.7 Å². The predicted octanol–water partition coefficient (Wildman–Crippen LogP) is 5.34. The smallest absolute Gasteiger partial charge is 0.326 e. The van der Waals surface area contributed by atoms with Gasteiger partial charge in [0, 0.05) is 12.8 Å². The van der Waals surface area contributed by atoms with Gasteiger partial charge in [0.2, 0.25) is 7.37 Å². The summed E-state index contributed by atoms with van der Waals surface area (Å²) in [5, 5.41) is 22.0. The van der Waals surface area contributed by atoms with Crippen LogP contribution in [0, 0.1) is 5.92 Å². The minimum absolute atomic E-state index is 0.00502. The van der Waals surface area contributed by atoms with Gasteiger partial charge in [-0.2, -0.15) is 0 Å². The molecule has 0 saturated carbocycles. The summed E-state index contributed by atoms with van der Waals surface area (Å²) in [6.07, 6.45) is 0.545. The number of hydrogen-bond acceptors (Lipinski definition) is 5. The number of ether oxygens (including phenoxy) is 1. The molecule has 0 spiro atoms. The number of halogens is 2. The number of carboxylic acids is 1. The monoisotopic (exact) mass is 591 g/mol. The van der Waals surface area contributed by atoms with Gasteiger partial charge in [-0.1, -0.05) is 20.3 Å². The minimum atomic E-state index is -3.26. The summed E-state index contributed by atoms with van der Waals surface area (Å²) in [5.74, 6) is -1.94. The van der Waals surface area contributed by atoms with E-state index in [-0.39, 0.29) is 29.1 Å². The number of benzene rings is 2. The van der Waals surface area contributed by atoms with Crippen molar-refractivity contribution in [2.75, 3.05) is 6.66 Å². The van der Waals surface area contributed by atoms with Crippen molar-refractivity contribution in [3.8, 4) is 17.2 Å². The molecule has 0 aliphatic rings. The van der Waals surface area contributed by atoms with E-state index in [1.54, 1.807) is 19.1 Å². The third kappa shape index (κ3) is 7.07. The van der Waals surface area contributed by atoms with Gasteiger partial charge in [-0.05, 0) is 73.7 Å². The number of hydrogen-bond donors (Lipinski definition) is 4. The largest absolute Gasteiger partial charge is 0.507 e. The number of phenols is 1. The summed E-state index contributed by atoms with van der Waals surface area (Å²) in [5.41, 5.74) is 0.494. The molecule has 0 saturated heterocycles. The number of rotatable bonds is 9. The van der Waals surface area contributed by atoms with Crippen molar-refractivity contribution in [2.45, 2.75) is 32.5 Å². The first kappa shape index (κ1) is 26.4. The van der Waals surface area contributed by atoms with Crippen molar-refractivity contribution in [1.29, 1.82) is 0 Å². The molecule has 0 bridgehead atoms. The van der Waals surface area contributed by atoms with Crippen molar-refractivity contribution in [3.05, 3.63) is 50.4 Å². The minimum Gasteiger partial charge on any atom is -0.507 e. The zero-order valence-corrected chi connectivity index (χ0v) is 21.7. The SMILES string of the molecule is CCC(C)C(NC(=O)c1cc(Oc2c(Br)cc(CP(C)(=O)O)cc2Br)ccc1O)C(=O)O. The van der Waals surface area contributed by atoms with E-state index < -0.39 is 25.3 Å². The number of aromatic hydroxyl groups is 1. The molecule has 0 aliphatic carbocycles. The number of nitrogens with one attached hydrogen (secondary N) is 1. The number of carboxylic acid groups (broad SMARTS) is 1. The van der Waals surface area contributed by atoms with Gasteiger partial charge in [-0.25, -0.2) is 4.79 Å². The molecule has 0 fully saturated rings. The number of phenolic OH excluding ortho intramolecular Hbond substituents is 1. The van der Waals surface area contributed by atoms with Crippen LogP contribution < -0.4 is 10.1 Å². The van der Waals surface area contributed by atoms with E-state index in [0.717, 1.165) is 0 Å². The highest BCUT2D eigenvalue weighted by atomic mass is 79.9. The topological polar surface area (TPSA) is 133 Å². The first-order valence-corrected chi connectivity index (χ1v) is 13.5. The Morgan fingerprint density at radius 1 is 1.19 bits per heavy atom. The molecule has 0 aromatic heterocycles. The maximum absolute atomic E-state index is 12.7. The normalized spacial score (nSPS) is 14.8. The van der Waals surface area contributed by atoms with Crippen LogP contribution in [-0.4, -0.2) is 39.7 Å². The van der Waals surface area contributed by atoms with Crippen LogP contribution in [0.4, 0.5) is 0 Å². The number of carbonyl (C=O) groups is 2. The van der Waals surface area contributed by atoms with E-state index in [4.69, 9.17) is 4.74 Å². The molecule has 4 N–H and O–H groups in total. The molecular weight excluding hydrogens is 569 g/mol. The summed E-state index contributed by atoms with van der Waals surface area (Å²) in [7, 11) is -3.26. The molecule has 3 atom stereocenters. The van der Waals surface area contributed by atoms with Gasteiger partial charge in [0.1, 0.15) is 17.5 Å². The van der Waals surface area contributed by atoms with Gasteiger partial charge in [0.05, 0.1) is 14.5 Å². The first-order chi connectivity index (χ1) is 14.8.